The number of hydrogen-bond acceptors (Lipinski definition) is 4. The number of aromatic nitrogens is 2. The number of methoxy groups -OCH3 is 1. The average Bonchev–Trinajstić information content (AvgIpc) is 3.19. The van der Waals surface area contributed by atoms with Crippen LogP contribution in [0.3, 0.4) is 0 Å². The second kappa shape index (κ2) is 9.77. The van der Waals surface area contributed by atoms with Gasteiger partial charge in [-0.1, -0.05) is 39.7 Å². The summed E-state index contributed by atoms with van der Waals surface area (Å²) in [6, 6.07) is 19.1. The molecule has 33 heavy (non-hydrogen) atoms. The van der Waals surface area contributed by atoms with E-state index in [1.807, 2.05) is 47.9 Å². The Labute approximate surface area is 203 Å². The number of aryl methyl sites for hydroxylation is 1. The van der Waals surface area contributed by atoms with Crippen molar-refractivity contribution in [3.8, 4) is 22.8 Å². The number of pyridine rings is 1. The van der Waals surface area contributed by atoms with Crippen molar-refractivity contribution >= 4 is 33.5 Å². The SMILES string of the molecule is COC(=O)c1cccc(-n2c(C)ccc2-c2cc(Br)ccc2OCc2ccc(Cl)cc2F)n1. The van der Waals surface area contributed by atoms with Crippen molar-refractivity contribution in [2.75, 3.05) is 7.11 Å². The van der Waals surface area contributed by atoms with Crippen molar-refractivity contribution in [3.05, 3.63) is 99.0 Å². The van der Waals surface area contributed by atoms with Gasteiger partial charge in [-0.2, -0.15) is 0 Å². The number of carbonyl (C=O) groups is 1. The van der Waals surface area contributed by atoms with Crippen LogP contribution < -0.4 is 4.74 Å². The predicted octanol–water partition coefficient (Wildman–Crippen LogP) is 6.77. The van der Waals surface area contributed by atoms with E-state index < -0.39 is 11.8 Å². The normalized spacial score (nSPS) is 10.8. The topological polar surface area (TPSA) is 53.4 Å². The molecule has 0 aliphatic heterocycles. The molecule has 2 heterocycles. The van der Waals surface area contributed by atoms with Crippen molar-refractivity contribution in [2.24, 2.45) is 0 Å². The summed E-state index contributed by atoms with van der Waals surface area (Å²) in [5.74, 6) is 0.185. The summed E-state index contributed by atoms with van der Waals surface area (Å²) in [6.07, 6.45) is 0. The molecule has 4 aromatic rings. The summed E-state index contributed by atoms with van der Waals surface area (Å²) >= 11 is 9.37. The lowest BCUT2D eigenvalue weighted by atomic mass is 10.1. The summed E-state index contributed by atoms with van der Waals surface area (Å²) in [4.78, 5) is 16.5. The van der Waals surface area contributed by atoms with Crippen molar-refractivity contribution in [1.29, 1.82) is 0 Å². The van der Waals surface area contributed by atoms with E-state index in [9.17, 15) is 9.18 Å². The smallest absolute Gasteiger partial charge is 0.356 e. The second-order valence-corrected chi connectivity index (χ2v) is 8.58. The van der Waals surface area contributed by atoms with Crippen molar-refractivity contribution in [3.63, 3.8) is 0 Å². The number of carbonyl (C=O) groups excluding carboxylic acids is 1. The van der Waals surface area contributed by atoms with Gasteiger partial charge in [0, 0.05) is 26.3 Å². The van der Waals surface area contributed by atoms with Gasteiger partial charge in [-0.25, -0.2) is 14.2 Å². The van der Waals surface area contributed by atoms with E-state index in [1.165, 1.54) is 13.2 Å². The van der Waals surface area contributed by atoms with E-state index >= 15 is 0 Å². The van der Waals surface area contributed by atoms with Gasteiger partial charge in [0.2, 0.25) is 0 Å². The minimum absolute atomic E-state index is 0.0351. The highest BCUT2D eigenvalue weighted by Crippen LogP contribution is 2.36. The quantitative estimate of drug-likeness (QED) is 0.259. The number of nitrogens with zero attached hydrogens (tertiary/aromatic N) is 2. The number of ether oxygens (including phenoxy) is 2. The minimum Gasteiger partial charge on any atom is -0.488 e. The molecule has 0 aliphatic carbocycles. The van der Waals surface area contributed by atoms with Gasteiger partial charge in [-0.05, 0) is 61.5 Å². The Balaban J connectivity index is 1.75. The highest BCUT2D eigenvalue weighted by Gasteiger charge is 2.17. The third kappa shape index (κ3) is 4.94. The fourth-order valence-corrected chi connectivity index (χ4v) is 3.96. The standard InChI is InChI=1S/C25H19BrClFN2O3/c1-15-6-10-22(30(15)24-5-3-4-21(29-24)25(31)32-2)19-12-17(26)8-11-23(19)33-14-16-7-9-18(27)13-20(16)28/h3-13H,14H2,1-2H3. The zero-order chi connectivity index (χ0) is 23.5. The van der Waals surface area contributed by atoms with Gasteiger partial charge in [-0.15, -0.1) is 0 Å². The van der Waals surface area contributed by atoms with Crippen LogP contribution in [0, 0.1) is 12.7 Å². The highest BCUT2D eigenvalue weighted by molar-refractivity contribution is 9.10. The van der Waals surface area contributed by atoms with Crippen LogP contribution >= 0.6 is 27.5 Å². The second-order valence-electron chi connectivity index (χ2n) is 7.23. The summed E-state index contributed by atoms with van der Waals surface area (Å²) in [7, 11) is 1.32. The number of rotatable bonds is 6. The molecule has 2 aromatic carbocycles. The minimum atomic E-state index is -0.514. The van der Waals surface area contributed by atoms with Crippen molar-refractivity contribution < 1.29 is 18.7 Å². The number of benzene rings is 2. The molecule has 0 saturated heterocycles. The summed E-state index contributed by atoms with van der Waals surface area (Å²) in [5, 5.41) is 0.329. The lowest BCUT2D eigenvalue weighted by Crippen LogP contribution is -2.09. The maximum atomic E-state index is 14.2. The van der Waals surface area contributed by atoms with E-state index in [2.05, 4.69) is 20.9 Å². The Kier molecular flexibility index (Phi) is 6.81. The van der Waals surface area contributed by atoms with Gasteiger partial charge < -0.3 is 9.47 Å². The first kappa shape index (κ1) is 23.0. The molecule has 4 rings (SSSR count). The first-order chi connectivity index (χ1) is 15.9. The monoisotopic (exact) mass is 528 g/mol. The predicted molar refractivity (Wildman–Crippen MR) is 129 cm³/mol. The van der Waals surface area contributed by atoms with Crippen LogP contribution in [-0.2, 0) is 11.3 Å². The van der Waals surface area contributed by atoms with Crippen LogP contribution in [0.4, 0.5) is 4.39 Å². The maximum absolute atomic E-state index is 14.2. The van der Waals surface area contributed by atoms with Gasteiger partial charge in [0.1, 0.15) is 24.0 Å². The molecule has 0 radical (unpaired) electrons. The van der Waals surface area contributed by atoms with Crippen molar-refractivity contribution in [2.45, 2.75) is 13.5 Å². The fraction of sp³-hybridized carbons (Fsp3) is 0.120. The van der Waals surface area contributed by atoms with Gasteiger partial charge in [0.15, 0.2) is 5.69 Å². The molecule has 0 spiro atoms. The molecular weight excluding hydrogens is 511 g/mol. The van der Waals surface area contributed by atoms with Crippen LogP contribution in [0.2, 0.25) is 5.02 Å². The molecular formula is C25H19BrClFN2O3. The Morgan fingerprint density at radius 2 is 1.94 bits per heavy atom. The van der Waals surface area contributed by atoms with E-state index in [-0.39, 0.29) is 12.3 Å². The molecule has 8 heteroatoms. The molecule has 168 valence electrons. The molecule has 0 N–H and O–H groups in total. The first-order valence-electron chi connectivity index (χ1n) is 9.98. The van der Waals surface area contributed by atoms with Crippen LogP contribution in [0.15, 0.2) is 71.2 Å². The number of esters is 1. The highest BCUT2D eigenvalue weighted by atomic mass is 79.9. The summed E-state index contributed by atoms with van der Waals surface area (Å²) in [6.45, 7) is 1.98. The first-order valence-corrected chi connectivity index (χ1v) is 11.1. The van der Waals surface area contributed by atoms with Gasteiger partial charge in [0.05, 0.1) is 12.8 Å². The molecule has 0 saturated carbocycles. The lowest BCUT2D eigenvalue weighted by Gasteiger charge is -2.16. The van der Waals surface area contributed by atoms with Crippen LogP contribution in [0.5, 0.6) is 5.75 Å². The molecule has 0 aliphatic rings. The Bertz CT molecular complexity index is 1340. The van der Waals surface area contributed by atoms with E-state index in [0.717, 1.165) is 21.4 Å². The zero-order valence-corrected chi connectivity index (χ0v) is 20.2. The lowest BCUT2D eigenvalue weighted by molar-refractivity contribution is 0.0594. The molecule has 2 aromatic heterocycles. The third-order valence-corrected chi connectivity index (χ3v) is 5.78. The number of halogens is 3. The number of hydrogen-bond donors (Lipinski definition) is 0. The van der Waals surface area contributed by atoms with Crippen LogP contribution in [0.1, 0.15) is 21.7 Å². The summed E-state index contributed by atoms with van der Waals surface area (Å²) in [5.41, 5.74) is 3.09. The fourth-order valence-electron chi connectivity index (χ4n) is 3.44. The Morgan fingerprint density at radius 1 is 1.12 bits per heavy atom. The van der Waals surface area contributed by atoms with Gasteiger partial charge >= 0.3 is 5.97 Å². The molecule has 0 bridgehead atoms. The van der Waals surface area contributed by atoms with Gasteiger partial charge in [0.25, 0.3) is 0 Å². The molecule has 0 amide bonds. The Hall–Kier alpha value is -3.16. The molecule has 0 unspecified atom stereocenters. The zero-order valence-electron chi connectivity index (χ0n) is 17.8. The van der Waals surface area contributed by atoms with Crippen LogP contribution in [-0.4, -0.2) is 22.6 Å². The average molecular weight is 530 g/mol. The van der Waals surface area contributed by atoms with E-state index in [0.29, 0.717) is 22.2 Å². The molecule has 0 atom stereocenters. The van der Waals surface area contributed by atoms with Crippen LogP contribution in [0.25, 0.3) is 17.1 Å². The Morgan fingerprint density at radius 3 is 2.70 bits per heavy atom. The van der Waals surface area contributed by atoms with E-state index in [4.69, 9.17) is 21.1 Å². The van der Waals surface area contributed by atoms with E-state index in [1.54, 1.807) is 24.3 Å². The molecule has 0 fully saturated rings. The largest absolute Gasteiger partial charge is 0.488 e. The van der Waals surface area contributed by atoms with Crippen molar-refractivity contribution in [1.82, 2.24) is 9.55 Å². The molecule has 5 nitrogen and oxygen atoms in total. The maximum Gasteiger partial charge on any atom is 0.356 e. The third-order valence-electron chi connectivity index (χ3n) is 5.05. The van der Waals surface area contributed by atoms with Gasteiger partial charge in [-0.3, -0.25) is 4.57 Å². The summed E-state index contributed by atoms with van der Waals surface area (Å²) < 4.78 is 27.8.